The van der Waals surface area contributed by atoms with Crippen molar-refractivity contribution in [2.24, 2.45) is 0 Å². The Bertz CT molecular complexity index is 714. The standard InChI is InChI=1S/C18H23N5/c1-13-6-4-5-10-22(13)17-16(19)18(21-12-20-17)23-11-9-14-7-2-3-8-15(14)23/h2-3,7-8,12-13H,4-6,9-11,19H2,1H3. The van der Waals surface area contributed by atoms with Crippen molar-refractivity contribution < 1.29 is 0 Å². The molecule has 0 amide bonds. The molecule has 1 aromatic heterocycles. The molecule has 0 aliphatic carbocycles. The van der Waals surface area contributed by atoms with Gasteiger partial charge in [-0.15, -0.1) is 0 Å². The summed E-state index contributed by atoms with van der Waals surface area (Å²) in [6.45, 7) is 4.21. The Morgan fingerprint density at radius 1 is 1.09 bits per heavy atom. The molecule has 2 N–H and O–H groups in total. The van der Waals surface area contributed by atoms with Crippen LogP contribution in [0.1, 0.15) is 31.7 Å². The quantitative estimate of drug-likeness (QED) is 0.923. The molecule has 23 heavy (non-hydrogen) atoms. The monoisotopic (exact) mass is 309 g/mol. The Labute approximate surface area is 137 Å². The SMILES string of the molecule is CC1CCCCN1c1ncnc(N2CCc3ccccc32)c1N. The van der Waals surface area contributed by atoms with Gasteiger partial charge >= 0.3 is 0 Å². The molecule has 3 heterocycles. The lowest BCUT2D eigenvalue weighted by Gasteiger charge is -2.35. The van der Waals surface area contributed by atoms with E-state index in [2.05, 4.69) is 51.0 Å². The smallest absolute Gasteiger partial charge is 0.161 e. The van der Waals surface area contributed by atoms with E-state index in [9.17, 15) is 0 Å². The van der Waals surface area contributed by atoms with Crippen molar-refractivity contribution in [3.05, 3.63) is 36.2 Å². The van der Waals surface area contributed by atoms with Crippen molar-refractivity contribution in [3.63, 3.8) is 0 Å². The second-order valence-corrected chi connectivity index (χ2v) is 6.50. The second kappa shape index (κ2) is 5.72. The van der Waals surface area contributed by atoms with Gasteiger partial charge in [-0.2, -0.15) is 0 Å². The lowest BCUT2D eigenvalue weighted by molar-refractivity contribution is 0.481. The van der Waals surface area contributed by atoms with Crippen LogP contribution in [-0.4, -0.2) is 29.1 Å². The van der Waals surface area contributed by atoms with E-state index in [1.807, 2.05) is 0 Å². The number of para-hydroxylation sites is 1. The molecule has 5 nitrogen and oxygen atoms in total. The third-order valence-electron chi connectivity index (χ3n) is 5.06. The number of nitrogens with two attached hydrogens (primary N) is 1. The Morgan fingerprint density at radius 2 is 1.91 bits per heavy atom. The van der Waals surface area contributed by atoms with Crippen LogP contribution >= 0.6 is 0 Å². The number of hydrogen-bond donors (Lipinski definition) is 1. The number of aromatic nitrogens is 2. The first-order chi connectivity index (χ1) is 11.3. The van der Waals surface area contributed by atoms with Crippen molar-refractivity contribution in [2.45, 2.75) is 38.6 Å². The topological polar surface area (TPSA) is 58.3 Å². The zero-order valence-corrected chi connectivity index (χ0v) is 13.6. The third-order valence-corrected chi connectivity index (χ3v) is 5.06. The van der Waals surface area contributed by atoms with E-state index in [4.69, 9.17) is 5.73 Å². The van der Waals surface area contributed by atoms with Gasteiger partial charge in [0.2, 0.25) is 0 Å². The number of nitrogen functional groups attached to an aromatic ring is 1. The van der Waals surface area contributed by atoms with Gasteiger partial charge in [0, 0.05) is 24.8 Å². The molecule has 1 saturated heterocycles. The van der Waals surface area contributed by atoms with Crippen molar-refractivity contribution in [2.75, 3.05) is 28.6 Å². The van der Waals surface area contributed by atoms with Crippen molar-refractivity contribution in [1.82, 2.24) is 9.97 Å². The van der Waals surface area contributed by atoms with Gasteiger partial charge in [-0.1, -0.05) is 18.2 Å². The fourth-order valence-electron chi connectivity index (χ4n) is 3.79. The highest BCUT2D eigenvalue weighted by atomic mass is 15.3. The Hall–Kier alpha value is -2.30. The van der Waals surface area contributed by atoms with Crippen LogP contribution < -0.4 is 15.5 Å². The van der Waals surface area contributed by atoms with Crippen molar-refractivity contribution >= 4 is 23.0 Å². The van der Waals surface area contributed by atoms with E-state index in [1.54, 1.807) is 6.33 Å². The predicted molar refractivity (Wildman–Crippen MR) is 94.3 cm³/mol. The van der Waals surface area contributed by atoms with Crippen LogP contribution in [0.2, 0.25) is 0 Å². The summed E-state index contributed by atoms with van der Waals surface area (Å²) >= 11 is 0. The lowest BCUT2D eigenvalue weighted by atomic mass is 10.0. The molecule has 5 heteroatoms. The van der Waals surface area contributed by atoms with E-state index in [-0.39, 0.29) is 0 Å². The summed E-state index contributed by atoms with van der Waals surface area (Å²) in [5, 5.41) is 0. The van der Waals surface area contributed by atoms with Crippen molar-refractivity contribution in [1.29, 1.82) is 0 Å². The Balaban J connectivity index is 1.72. The van der Waals surface area contributed by atoms with Crippen LogP contribution in [0.15, 0.2) is 30.6 Å². The number of hydrogen-bond acceptors (Lipinski definition) is 5. The summed E-state index contributed by atoms with van der Waals surface area (Å²) in [6.07, 6.45) is 6.38. The molecule has 2 aliphatic heterocycles. The first kappa shape index (κ1) is 14.3. The van der Waals surface area contributed by atoms with Gasteiger partial charge in [0.15, 0.2) is 11.6 Å². The maximum absolute atomic E-state index is 6.51. The summed E-state index contributed by atoms with van der Waals surface area (Å²) in [5.74, 6) is 1.74. The predicted octanol–water partition coefficient (Wildman–Crippen LogP) is 3.13. The molecule has 1 aromatic carbocycles. The molecule has 1 atom stereocenters. The molecule has 2 aliphatic rings. The summed E-state index contributed by atoms with van der Waals surface area (Å²) in [4.78, 5) is 13.6. The Morgan fingerprint density at radius 3 is 2.78 bits per heavy atom. The highest BCUT2D eigenvalue weighted by molar-refractivity contribution is 5.81. The van der Waals surface area contributed by atoms with E-state index < -0.39 is 0 Å². The van der Waals surface area contributed by atoms with Gasteiger partial charge in [-0.25, -0.2) is 9.97 Å². The summed E-state index contributed by atoms with van der Waals surface area (Å²) < 4.78 is 0. The largest absolute Gasteiger partial charge is 0.393 e. The summed E-state index contributed by atoms with van der Waals surface area (Å²) in [7, 11) is 0. The molecular weight excluding hydrogens is 286 g/mol. The molecule has 120 valence electrons. The molecule has 1 unspecified atom stereocenters. The fourth-order valence-corrected chi connectivity index (χ4v) is 3.79. The van der Waals surface area contributed by atoms with E-state index in [0.717, 1.165) is 31.1 Å². The molecule has 1 fully saturated rings. The molecule has 0 spiro atoms. The van der Waals surface area contributed by atoms with E-state index >= 15 is 0 Å². The van der Waals surface area contributed by atoms with Crippen LogP contribution in [0.3, 0.4) is 0 Å². The third kappa shape index (κ3) is 2.40. The average molecular weight is 309 g/mol. The molecule has 0 bridgehead atoms. The normalized spacial score (nSPS) is 20.7. The molecule has 2 aromatic rings. The van der Waals surface area contributed by atoms with E-state index in [1.165, 1.54) is 30.5 Å². The van der Waals surface area contributed by atoms with Gasteiger partial charge in [0.05, 0.1) is 0 Å². The van der Waals surface area contributed by atoms with Crippen molar-refractivity contribution in [3.8, 4) is 0 Å². The number of fused-ring (bicyclic) bond motifs is 1. The van der Waals surface area contributed by atoms with E-state index in [0.29, 0.717) is 11.7 Å². The maximum Gasteiger partial charge on any atom is 0.161 e. The number of benzene rings is 1. The van der Waals surface area contributed by atoms with Crippen LogP contribution in [0.25, 0.3) is 0 Å². The number of piperidine rings is 1. The number of nitrogens with zero attached hydrogens (tertiary/aromatic N) is 4. The zero-order chi connectivity index (χ0) is 15.8. The van der Waals surface area contributed by atoms with Gasteiger partial charge in [-0.05, 0) is 44.2 Å². The van der Waals surface area contributed by atoms with Crippen LogP contribution in [0.4, 0.5) is 23.0 Å². The van der Waals surface area contributed by atoms with Gasteiger partial charge in [-0.3, -0.25) is 0 Å². The highest BCUT2D eigenvalue weighted by Gasteiger charge is 2.27. The summed E-state index contributed by atoms with van der Waals surface area (Å²) in [5.41, 5.74) is 9.79. The van der Waals surface area contributed by atoms with Crippen LogP contribution in [-0.2, 0) is 6.42 Å². The van der Waals surface area contributed by atoms with Crippen LogP contribution in [0, 0.1) is 0 Å². The average Bonchev–Trinajstić information content (AvgIpc) is 3.00. The molecule has 4 rings (SSSR count). The van der Waals surface area contributed by atoms with Gasteiger partial charge in [0.1, 0.15) is 12.0 Å². The minimum atomic E-state index is 0.486. The van der Waals surface area contributed by atoms with Crippen LogP contribution in [0.5, 0.6) is 0 Å². The first-order valence-electron chi connectivity index (χ1n) is 8.48. The number of rotatable bonds is 2. The lowest BCUT2D eigenvalue weighted by Crippen LogP contribution is -2.38. The minimum Gasteiger partial charge on any atom is -0.393 e. The maximum atomic E-state index is 6.51. The molecular formula is C18H23N5. The molecule has 0 radical (unpaired) electrons. The Kier molecular flexibility index (Phi) is 3.56. The highest BCUT2D eigenvalue weighted by Crippen LogP contribution is 2.39. The zero-order valence-electron chi connectivity index (χ0n) is 13.6. The number of anilines is 4. The van der Waals surface area contributed by atoms with Gasteiger partial charge < -0.3 is 15.5 Å². The second-order valence-electron chi connectivity index (χ2n) is 6.50. The first-order valence-corrected chi connectivity index (χ1v) is 8.48. The summed E-state index contributed by atoms with van der Waals surface area (Å²) in [6, 6.07) is 8.97. The fraction of sp³-hybridized carbons (Fsp3) is 0.444. The minimum absolute atomic E-state index is 0.486. The van der Waals surface area contributed by atoms with Gasteiger partial charge in [0.25, 0.3) is 0 Å². The molecule has 0 saturated carbocycles.